The molecule has 1 aromatic carbocycles. The van der Waals surface area contributed by atoms with E-state index < -0.39 is 0 Å². The van der Waals surface area contributed by atoms with Crippen molar-refractivity contribution < 1.29 is 14.3 Å². The van der Waals surface area contributed by atoms with Gasteiger partial charge in [0.25, 0.3) is 5.91 Å². The molecule has 3 aromatic rings. The zero-order chi connectivity index (χ0) is 19.8. The van der Waals surface area contributed by atoms with Gasteiger partial charge in [0.05, 0.1) is 12.2 Å². The second-order valence-electron chi connectivity index (χ2n) is 5.95. The number of benzene rings is 1. The number of pyridine rings is 1. The molecule has 0 atom stereocenters. The number of hydrogen-bond donors (Lipinski definition) is 2. The molecule has 0 aliphatic carbocycles. The molecule has 28 heavy (non-hydrogen) atoms. The van der Waals surface area contributed by atoms with E-state index in [4.69, 9.17) is 4.74 Å². The van der Waals surface area contributed by atoms with Gasteiger partial charge < -0.3 is 15.4 Å². The van der Waals surface area contributed by atoms with Gasteiger partial charge in [0.15, 0.2) is 0 Å². The molecule has 2 amide bonds. The van der Waals surface area contributed by atoms with Gasteiger partial charge in [0, 0.05) is 36.9 Å². The summed E-state index contributed by atoms with van der Waals surface area (Å²) in [5, 5.41) is 9.66. The van der Waals surface area contributed by atoms with E-state index in [-0.39, 0.29) is 18.4 Å². The highest BCUT2D eigenvalue weighted by Crippen LogP contribution is 2.12. The Morgan fingerprint density at radius 3 is 2.79 bits per heavy atom. The van der Waals surface area contributed by atoms with Gasteiger partial charge in [-0.3, -0.25) is 14.3 Å². The molecule has 0 aliphatic heterocycles. The summed E-state index contributed by atoms with van der Waals surface area (Å²) in [5.41, 5.74) is 1.97. The van der Waals surface area contributed by atoms with Crippen molar-refractivity contribution in [3.63, 3.8) is 0 Å². The lowest BCUT2D eigenvalue weighted by molar-refractivity contribution is -0.116. The summed E-state index contributed by atoms with van der Waals surface area (Å²) in [6.45, 7) is 2.86. The molecular formula is C20H21N5O3. The van der Waals surface area contributed by atoms with Crippen molar-refractivity contribution in [3.8, 4) is 5.88 Å². The highest BCUT2D eigenvalue weighted by atomic mass is 16.5. The number of carbonyl (C=O) groups excluding carboxylic acids is 2. The van der Waals surface area contributed by atoms with Gasteiger partial charge in [-0.1, -0.05) is 12.1 Å². The van der Waals surface area contributed by atoms with Crippen LogP contribution in [-0.2, 0) is 17.9 Å². The van der Waals surface area contributed by atoms with Gasteiger partial charge in [-0.05, 0) is 36.8 Å². The smallest absolute Gasteiger partial charge is 0.253 e. The SMILES string of the molecule is CCOc1ccc(C(=O)NCc2cccc(NC(=O)Cn3cccn3)c2)cn1. The average molecular weight is 379 g/mol. The predicted molar refractivity (Wildman–Crippen MR) is 104 cm³/mol. The van der Waals surface area contributed by atoms with E-state index in [1.165, 1.54) is 6.20 Å². The fourth-order valence-corrected chi connectivity index (χ4v) is 2.53. The van der Waals surface area contributed by atoms with E-state index in [1.807, 2.05) is 25.1 Å². The van der Waals surface area contributed by atoms with E-state index in [1.54, 1.807) is 41.3 Å². The molecule has 2 N–H and O–H groups in total. The molecule has 2 heterocycles. The number of nitrogens with zero attached hydrogens (tertiary/aromatic N) is 3. The van der Waals surface area contributed by atoms with Crippen molar-refractivity contribution in [1.82, 2.24) is 20.1 Å². The maximum Gasteiger partial charge on any atom is 0.253 e. The van der Waals surface area contributed by atoms with Crippen molar-refractivity contribution in [3.05, 3.63) is 72.2 Å². The van der Waals surface area contributed by atoms with Crippen molar-refractivity contribution in [1.29, 1.82) is 0 Å². The summed E-state index contributed by atoms with van der Waals surface area (Å²) in [7, 11) is 0. The standard InChI is InChI=1S/C20H21N5O3/c1-2-28-19-8-7-16(13-21-19)20(27)22-12-15-5-3-6-17(11-15)24-18(26)14-25-10-4-9-23-25/h3-11,13H,2,12,14H2,1H3,(H,22,27)(H,24,26). The van der Waals surface area contributed by atoms with Crippen LogP contribution < -0.4 is 15.4 Å². The first-order valence-corrected chi connectivity index (χ1v) is 8.87. The van der Waals surface area contributed by atoms with Crippen LogP contribution in [0.3, 0.4) is 0 Å². The Kier molecular flexibility index (Phi) is 6.35. The summed E-state index contributed by atoms with van der Waals surface area (Å²) in [6, 6.07) is 12.4. The molecule has 0 saturated carbocycles. The van der Waals surface area contributed by atoms with Crippen LogP contribution in [0, 0.1) is 0 Å². The molecule has 0 bridgehead atoms. The van der Waals surface area contributed by atoms with Crippen molar-refractivity contribution in [2.24, 2.45) is 0 Å². The Hall–Kier alpha value is -3.68. The topological polar surface area (TPSA) is 98.1 Å². The summed E-state index contributed by atoms with van der Waals surface area (Å²) in [5.74, 6) is 0.0756. The fourth-order valence-electron chi connectivity index (χ4n) is 2.53. The number of ether oxygens (including phenoxy) is 1. The Morgan fingerprint density at radius 2 is 2.07 bits per heavy atom. The predicted octanol–water partition coefficient (Wildman–Crippen LogP) is 2.25. The van der Waals surface area contributed by atoms with Gasteiger partial charge >= 0.3 is 0 Å². The Labute approximate surface area is 162 Å². The van der Waals surface area contributed by atoms with Crippen LogP contribution in [-0.4, -0.2) is 33.2 Å². The van der Waals surface area contributed by atoms with Gasteiger partial charge in [-0.15, -0.1) is 0 Å². The lowest BCUT2D eigenvalue weighted by Gasteiger charge is -2.09. The first kappa shape index (κ1) is 19.1. The number of aromatic nitrogens is 3. The molecule has 3 rings (SSSR count). The molecule has 0 saturated heterocycles. The zero-order valence-electron chi connectivity index (χ0n) is 15.5. The molecule has 2 aromatic heterocycles. The van der Waals surface area contributed by atoms with Gasteiger partial charge in [0.1, 0.15) is 6.54 Å². The van der Waals surface area contributed by atoms with Crippen LogP contribution in [0.25, 0.3) is 0 Å². The second kappa shape index (κ2) is 9.31. The Balaban J connectivity index is 1.53. The molecule has 8 nitrogen and oxygen atoms in total. The largest absolute Gasteiger partial charge is 0.478 e. The Bertz CT molecular complexity index is 923. The molecule has 0 unspecified atom stereocenters. The number of hydrogen-bond acceptors (Lipinski definition) is 5. The lowest BCUT2D eigenvalue weighted by Crippen LogP contribution is -2.23. The van der Waals surface area contributed by atoms with Crippen molar-refractivity contribution >= 4 is 17.5 Å². The van der Waals surface area contributed by atoms with Crippen LogP contribution in [0.4, 0.5) is 5.69 Å². The summed E-state index contributed by atoms with van der Waals surface area (Å²) in [4.78, 5) is 28.4. The monoisotopic (exact) mass is 379 g/mol. The summed E-state index contributed by atoms with van der Waals surface area (Å²) in [6.07, 6.45) is 4.82. The highest BCUT2D eigenvalue weighted by Gasteiger charge is 2.08. The third kappa shape index (κ3) is 5.41. The minimum absolute atomic E-state index is 0.138. The number of amides is 2. The normalized spacial score (nSPS) is 10.3. The number of anilines is 1. The second-order valence-corrected chi connectivity index (χ2v) is 5.95. The number of rotatable bonds is 8. The minimum Gasteiger partial charge on any atom is -0.478 e. The van der Waals surface area contributed by atoms with E-state index in [2.05, 4.69) is 20.7 Å². The highest BCUT2D eigenvalue weighted by molar-refractivity contribution is 5.94. The van der Waals surface area contributed by atoms with Crippen LogP contribution in [0.2, 0.25) is 0 Å². The van der Waals surface area contributed by atoms with Crippen LogP contribution in [0.1, 0.15) is 22.8 Å². The van der Waals surface area contributed by atoms with Gasteiger partial charge in [-0.2, -0.15) is 5.10 Å². The maximum atomic E-state index is 12.3. The van der Waals surface area contributed by atoms with Crippen molar-refractivity contribution in [2.75, 3.05) is 11.9 Å². The van der Waals surface area contributed by atoms with Gasteiger partial charge in [-0.25, -0.2) is 4.98 Å². The third-order valence-electron chi connectivity index (χ3n) is 3.82. The molecule has 0 aliphatic rings. The minimum atomic E-state index is -0.233. The van der Waals surface area contributed by atoms with E-state index in [0.29, 0.717) is 30.3 Å². The number of nitrogens with one attached hydrogen (secondary N) is 2. The van der Waals surface area contributed by atoms with Crippen molar-refractivity contribution in [2.45, 2.75) is 20.0 Å². The zero-order valence-corrected chi connectivity index (χ0v) is 15.5. The van der Waals surface area contributed by atoms with E-state index in [9.17, 15) is 9.59 Å². The first-order chi connectivity index (χ1) is 13.6. The molecule has 144 valence electrons. The van der Waals surface area contributed by atoms with Gasteiger partial charge in [0.2, 0.25) is 11.8 Å². The average Bonchev–Trinajstić information content (AvgIpc) is 3.20. The molecular weight excluding hydrogens is 358 g/mol. The molecule has 8 heteroatoms. The molecule has 0 radical (unpaired) electrons. The number of carbonyl (C=O) groups is 2. The molecule has 0 spiro atoms. The summed E-state index contributed by atoms with van der Waals surface area (Å²) >= 11 is 0. The maximum absolute atomic E-state index is 12.3. The van der Waals surface area contributed by atoms with Crippen LogP contribution in [0.5, 0.6) is 5.88 Å². The summed E-state index contributed by atoms with van der Waals surface area (Å²) < 4.78 is 6.81. The first-order valence-electron chi connectivity index (χ1n) is 8.87. The van der Waals surface area contributed by atoms with Crippen LogP contribution >= 0.6 is 0 Å². The lowest BCUT2D eigenvalue weighted by atomic mass is 10.2. The van der Waals surface area contributed by atoms with E-state index >= 15 is 0 Å². The van der Waals surface area contributed by atoms with Crippen LogP contribution in [0.15, 0.2) is 61.1 Å². The fraction of sp³-hybridized carbons (Fsp3) is 0.200. The Morgan fingerprint density at radius 1 is 1.18 bits per heavy atom. The van der Waals surface area contributed by atoms with E-state index in [0.717, 1.165) is 5.56 Å². The molecule has 0 fully saturated rings. The quantitative estimate of drug-likeness (QED) is 0.625. The third-order valence-corrected chi connectivity index (χ3v) is 3.82.